The van der Waals surface area contributed by atoms with Crippen molar-refractivity contribution in [2.45, 2.75) is 0 Å². The van der Waals surface area contributed by atoms with Crippen LogP contribution in [0.25, 0.3) is 22.0 Å². The highest BCUT2D eigenvalue weighted by Crippen LogP contribution is 2.38. The molecule has 0 fully saturated rings. The number of amides is 1. The van der Waals surface area contributed by atoms with Gasteiger partial charge in [0, 0.05) is 27.5 Å². The number of aromatic nitrogens is 1. The maximum Gasteiger partial charge on any atom is 0.277 e. The van der Waals surface area contributed by atoms with Gasteiger partial charge in [0.15, 0.2) is 5.78 Å². The van der Waals surface area contributed by atoms with Crippen LogP contribution in [0.3, 0.4) is 0 Å². The number of nitrogens with zero attached hydrogens (tertiary/aromatic N) is 1. The van der Waals surface area contributed by atoms with Gasteiger partial charge >= 0.3 is 0 Å². The standard InChI is InChI=1S/C23H14N2O4/c26-14-11-9-13(10-12-14)22(28)24-25-20-16-6-2-3-7-17(16)21(27)19(20)15-5-1-4-8-18(15)23(25)29/h1-12,26H,(H,24,28). The second-order valence-corrected chi connectivity index (χ2v) is 6.77. The summed E-state index contributed by atoms with van der Waals surface area (Å²) in [5, 5.41) is 10.3. The Hall–Kier alpha value is -4.19. The van der Waals surface area contributed by atoms with Gasteiger partial charge in [-0.1, -0.05) is 42.5 Å². The summed E-state index contributed by atoms with van der Waals surface area (Å²) in [6, 6.07) is 19.6. The lowest BCUT2D eigenvalue weighted by molar-refractivity contribution is 0.100. The van der Waals surface area contributed by atoms with E-state index in [0.29, 0.717) is 33.2 Å². The van der Waals surface area contributed by atoms with Crippen molar-refractivity contribution in [3.63, 3.8) is 0 Å². The zero-order valence-corrected chi connectivity index (χ0v) is 15.0. The van der Waals surface area contributed by atoms with E-state index in [1.165, 1.54) is 24.3 Å². The van der Waals surface area contributed by atoms with Crippen LogP contribution >= 0.6 is 0 Å². The molecule has 0 radical (unpaired) electrons. The van der Waals surface area contributed by atoms with Crippen LogP contribution in [0.1, 0.15) is 26.3 Å². The number of hydrogen-bond acceptors (Lipinski definition) is 4. The minimum atomic E-state index is -0.526. The van der Waals surface area contributed by atoms with Gasteiger partial charge in [-0.05, 0) is 30.3 Å². The molecule has 0 unspecified atom stereocenters. The number of carbonyl (C=O) groups excluding carboxylic acids is 2. The van der Waals surface area contributed by atoms with Crippen LogP contribution in [-0.2, 0) is 0 Å². The number of rotatable bonds is 2. The fraction of sp³-hybridized carbons (Fsp3) is 0. The highest BCUT2D eigenvalue weighted by molar-refractivity contribution is 6.26. The van der Waals surface area contributed by atoms with E-state index >= 15 is 0 Å². The number of carbonyl (C=O) groups is 2. The monoisotopic (exact) mass is 382 g/mol. The Bertz CT molecular complexity index is 1380. The van der Waals surface area contributed by atoms with Gasteiger partial charge in [-0.25, -0.2) is 4.68 Å². The molecule has 1 amide bonds. The number of phenols is 1. The second kappa shape index (κ2) is 6.17. The summed E-state index contributed by atoms with van der Waals surface area (Å²) in [6.07, 6.45) is 0. The summed E-state index contributed by atoms with van der Waals surface area (Å²) in [6.45, 7) is 0. The number of ketones is 1. The molecule has 3 aromatic carbocycles. The van der Waals surface area contributed by atoms with Crippen LogP contribution in [0.2, 0.25) is 0 Å². The van der Waals surface area contributed by atoms with Crippen molar-refractivity contribution in [2.75, 3.05) is 5.43 Å². The Labute approximate surface area is 164 Å². The van der Waals surface area contributed by atoms with E-state index in [-0.39, 0.29) is 17.1 Å². The van der Waals surface area contributed by atoms with E-state index in [2.05, 4.69) is 5.43 Å². The highest BCUT2D eigenvalue weighted by Gasteiger charge is 2.33. The largest absolute Gasteiger partial charge is 0.508 e. The van der Waals surface area contributed by atoms with Crippen LogP contribution in [0.4, 0.5) is 0 Å². The summed E-state index contributed by atoms with van der Waals surface area (Å²) < 4.78 is 1.15. The summed E-state index contributed by atoms with van der Waals surface area (Å²) in [5.41, 5.74) is 4.35. The predicted octanol–water partition coefficient (Wildman–Crippen LogP) is 3.30. The number of aromatic hydroxyl groups is 1. The fourth-order valence-electron chi connectivity index (χ4n) is 3.74. The van der Waals surface area contributed by atoms with Crippen molar-refractivity contribution in [1.82, 2.24) is 4.68 Å². The number of nitrogens with one attached hydrogen (secondary N) is 1. The van der Waals surface area contributed by atoms with Crippen LogP contribution in [0.15, 0.2) is 77.6 Å². The molecule has 1 aliphatic carbocycles. The quantitative estimate of drug-likeness (QED) is 0.490. The van der Waals surface area contributed by atoms with E-state index < -0.39 is 11.5 Å². The Morgan fingerprint density at radius 2 is 1.41 bits per heavy atom. The Morgan fingerprint density at radius 1 is 0.793 bits per heavy atom. The predicted molar refractivity (Wildman–Crippen MR) is 109 cm³/mol. The Kier molecular flexibility index (Phi) is 3.61. The molecule has 6 heteroatoms. The first-order valence-corrected chi connectivity index (χ1v) is 8.98. The number of pyridine rings is 1. The van der Waals surface area contributed by atoms with Crippen LogP contribution in [0, 0.1) is 0 Å². The van der Waals surface area contributed by atoms with E-state index in [4.69, 9.17) is 0 Å². The first kappa shape index (κ1) is 16.9. The molecule has 140 valence electrons. The van der Waals surface area contributed by atoms with Crippen molar-refractivity contribution in [2.24, 2.45) is 0 Å². The Morgan fingerprint density at radius 3 is 2.14 bits per heavy atom. The number of benzene rings is 3. The van der Waals surface area contributed by atoms with Gasteiger partial charge in [0.25, 0.3) is 11.5 Å². The van der Waals surface area contributed by atoms with E-state index in [0.717, 1.165) is 4.68 Å². The third kappa shape index (κ3) is 2.46. The molecular weight excluding hydrogens is 368 g/mol. The molecule has 2 N–H and O–H groups in total. The minimum Gasteiger partial charge on any atom is -0.508 e. The smallest absolute Gasteiger partial charge is 0.277 e. The van der Waals surface area contributed by atoms with Gasteiger partial charge in [0.05, 0.1) is 11.3 Å². The molecule has 0 bridgehead atoms. The fourth-order valence-corrected chi connectivity index (χ4v) is 3.74. The van der Waals surface area contributed by atoms with E-state index in [9.17, 15) is 19.5 Å². The number of phenolic OH excluding ortho intramolecular Hbond substituents is 1. The number of hydrogen-bond donors (Lipinski definition) is 2. The first-order valence-electron chi connectivity index (χ1n) is 8.98. The summed E-state index contributed by atoms with van der Waals surface area (Å²) in [5.74, 6) is -0.675. The van der Waals surface area contributed by atoms with Crippen molar-refractivity contribution >= 4 is 22.5 Å². The molecule has 0 atom stereocenters. The molecule has 0 aliphatic heterocycles. The molecule has 4 aromatic rings. The van der Waals surface area contributed by atoms with Crippen LogP contribution < -0.4 is 11.0 Å². The van der Waals surface area contributed by atoms with E-state index in [1.807, 2.05) is 0 Å². The van der Waals surface area contributed by atoms with Crippen LogP contribution in [0.5, 0.6) is 5.75 Å². The molecule has 29 heavy (non-hydrogen) atoms. The SMILES string of the molecule is O=C(Nn1c2c(c3ccccc3c1=O)C(=O)c1ccccc1-2)c1ccc(O)cc1. The zero-order valence-electron chi connectivity index (χ0n) is 15.0. The lowest BCUT2D eigenvalue weighted by Crippen LogP contribution is -2.34. The molecule has 1 aromatic heterocycles. The van der Waals surface area contributed by atoms with Crippen molar-refractivity contribution in [1.29, 1.82) is 0 Å². The van der Waals surface area contributed by atoms with Crippen molar-refractivity contribution < 1.29 is 14.7 Å². The first-order chi connectivity index (χ1) is 14.1. The maximum atomic E-state index is 13.2. The van der Waals surface area contributed by atoms with E-state index in [1.54, 1.807) is 48.5 Å². The summed E-state index contributed by atoms with van der Waals surface area (Å²) in [4.78, 5) is 39.1. The number of fused-ring (bicyclic) bond motifs is 5. The van der Waals surface area contributed by atoms with Crippen molar-refractivity contribution in [3.05, 3.63) is 99.8 Å². The van der Waals surface area contributed by atoms with Crippen LogP contribution in [-0.4, -0.2) is 21.5 Å². The van der Waals surface area contributed by atoms with Gasteiger partial charge in [-0.2, -0.15) is 0 Å². The molecule has 0 saturated carbocycles. The molecular formula is C23H14N2O4. The van der Waals surface area contributed by atoms with Gasteiger partial charge in [-0.15, -0.1) is 0 Å². The third-order valence-electron chi connectivity index (χ3n) is 5.09. The lowest BCUT2D eigenvalue weighted by Gasteiger charge is -2.16. The maximum absolute atomic E-state index is 13.2. The average Bonchev–Trinajstić information content (AvgIpc) is 3.04. The van der Waals surface area contributed by atoms with Gasteiger partial charge in [0.1, 0.15) is 5.75 Å². The van der Waals surface area contributed by atoms with Crippen molar-refractivity contribution in [3.8, 4) is 17.0 Å². The molecule has 1 aliphatic rings. The topological polar surface area (TPSA) is 88.4 Å². The van der Waals surface area contributed by atoms with Gasteiger partial charge in [0.2, 0.25) is 0 Å². The van der Waals surface area contributed by atoms with Gasteiger partial charge in [-0.3, -0.25) is 19.8 Å². The minimum absolute atomic E-state index is 0.0323. The molecule has 1 heterocycles. The summed E-state index contributed by atoms with van der Waals surface area (Å²) >= 11 is 0. The molecule has 0 saturated heterocycles. The lowest BCUT2D eigenvalue weighted by atomic mass is 10.0. The normalized spacial score (nSPS) is 11.9. The third-order valence-corrected chi connectivity index (χ3v) is 5.09. The second-order valence-electron chi connectivity index (χ2n) is 6.77. The Balaban J connectivity index is 1.78. The average molecular weight is 382 g/mol. The molecule has 0 spiro atoms. The summed E-state index contributed by atoms with van der Waals surface area (Å²) in [7, 11) is 0. The zero-order chi connectivity index (χ0) is 20.1. The molecule has 6 nitrogen and oxygen atoms in total. The highest BCUT2D eigenvalue weighted by atomic mass is 16.3. The molecule has 5 rings (SSSR count). The van der Waals surface area contributed by atoms with Gasteiger partial charge < -0.3 is 5.11 Å².